The lowest BCUT2D eigenvalue weighted by molar-refractivity contribution is -0.000575. The lowest BCUT2D eigenvalue weighted by Crippen LogP contribution is -2.28. The molecule has 0 bridgehead atoms. The SMILES string of the molecule is CCCCOCC(C)(CC)COC. The molecule has 0 fully saturated rings. The standard InChI is InChI=1S/C11H24O2/c1-5-7-8-13-10-11(3,6-2)9-12-4/h5-10H2,1-4H3. The number of hydrogen-bond acceptors (Lipinski definition) is 2. The number of hydrogen-bond donors (Lipinski definition) is 0. The van der Waals surface area contributed by atoms with E-state index in [-0.39, 0.29) is 5.41 Å². The predicted octanol–water partition coefficient (Wildman–Crippen LogP) is 2.87. The van der Waals surface area contributed by atoms with Crippen LogP contribution in [0.5, 0.6) is 0 Å². The third kappa shape index (κ3) is 6.05. The normalized spacial score (nSPS) is 15.7. The first-order valence-electron chi connectivity index (χ1n) is 5.25. The van der Waals surface area contributed by atoms with E-state index in [1.165, 1.54) is 6.42 Å². The van der Waals surface area contributed by atoms with Crippen LogP contribution in [0.2, 0.25) is 0 Å². The van der Waals surface area contributed by atoms with Crippen LogP contribution < -0.4 is 0 Å². The molecule has 0 saturated heterocycles. The third-order valence-corrected chi connectivity index (χ3v) is 2.44. The van der Waals surface area contributed by atoms with Gasteiger partial charge >= 0.3 is 0 Å². The summed E-state index contributed by atoms with van der Waals surface area (Å²) >= 11 is 0. The van der Waals surface area contributed by atoms with E-state index in [0.717, 1.165) is 32.7 Å². The maximum Gasteiger partial charge on any atom is 0.0541 e. The Bertz CT molecular complexity index is 115. The van der Waals surface area contributed by atoms with Crippen molar-refractivity contribution >= 4 is 0 Å². The van der Waals surface area contributed by atoms with Crippen LogP contribution in [0.3, 0.4) is 0 Å². The molecule has 0 aromatic heterocycles. The molecule has 0 N–H and O–H groups in total. The van der Waals surface area contributed by atoms with Crippen molar-refractivity contribution in [2.45, 2.75) is 40.0 Å². The average molecular weight is 188 g/mol. The van der Waals surface area contributed by atoms with E-state index in [2.05, 4.69) is 20.8 Å². The lowest BCUT2D eigenvalue weighted by atomic mass is 9.90. The maximum absolute atomic E-state index is 5.60. The van der Waals surface area contributed by atoms with E-state index >= 15 is 0 Å². The first-order valence-corrected chi connectivity index (χ1v) is 5.25. The summed E-state index contributed by atoms with van der Waals surface area (Å²) in [6.07, 6.45) is 3.47. The van der Waals surface area contributed by atoms with Crippen LogP contribution in [-0.2, 0) is 9.47 Å². The highest BCUT2D eigenvalue weighted by molar-refractivity contribution is 4.71. The van der Waals surface area contributed by atoms with Gasteiger partial charge in [0.1, 0.15) is 0 Å². The van der Waals surface area contributed by atoms with Gasteiger partial charge < -0.3 is 9.47 Å². The smallest absolute Gasteiger partial charge is 0.0541 e. The highest BCUT2D eigenvalue weighted by Crippen LogP contribution is 2.21. The zero-order valence-electron chi connectivity index (χ0n) is 9.56. The largest absolute Gasteiger partial charge is 0.384 e. The van der Waals surface area contributed by atoms with Crippen molar-refractivity contribution in [1.82, 2.24) is 0 Å². The first kappa shape index (κ1) is 12.9. The van der Waals surface area contributed by atoms with Gasteiger partial charge in [-0.15, -0.1) is 0 Å². The average Bonchev–Trinajstić information content (AvgIpc) is 2.13. The van der Waals surface area contributed by atoms with Crippen molar-refractivity contribution in [3.05, 3.63) is 0 Å². The highest BCUT2D eigenvalue weighted by Gasteiger charge is 2.21. The molecule has 0 radical (unpaired) electrons. The first-order chi connectivity index (χ1) is 6.18. The van der Waals surface area contributed by atoms with Crippen LogP contribution in [0.25, 0.3) is 0 Å². The second kappa shape index (κ2) is 7.34. The molecule has 2 nitrogen and oxygen atoms in total. The molecule has 80 valence electrons. The van der Waals surface area contributed by atoms with Crippen molar-refractivity contribution < 1.29 is 9.47 Å². The van der Waals surface area contributed by atoms with E-state index in [1.807, 2.05) is 0 Å². The minimum atomic E-state index is 0.197. The molecule has 0 spiro atoms. The van der Waals surface area contributed by atoms with Crippen molar-refractivity contribution in [2.75, 3.05) is 26.9 Å². The topological polar surface area (TPSA) is 18.5 Å². The van der Waals surface area contributed by atoms with Crippen LogP contribution in [0.4, 0.5) is 0 Å². The Morgan fingerprint density at radius 1 is 1.15 bits per heavy atom. The van der Waals surface area contributed by atoms with Gasteiger partial charge in [-0.25, -0.2) is 0 Å². The monoisotopic (exact) mass is 188 g/mol. The predicted molar refractivity (Wildman–Crippen MR) is 56.0 cm³/mol. The second-order valence-corrected chi connectivity index (χ2v) is 4.00. The maximum atomic E-state index is 5.60. The number of rotatable bonds is 8. The summed E-state index contributed by atoms with van der Waals surface area (Å²) in [7, 11) is 1.75. The fourth-order valence-electron chi connectivity index (χ4n) is 1.16. The summed E-state index contributed by atoms with van der Waals surface area (Å²) in [5.41, 5.74) is 0.197. The minimum Gasteiger partial charge on any atom is -0.384 e. The Kier molecular flexibility index (Phi) is 7.29. The van der Waals surface area contributed by atoms with Gasteiger partial charge in [-0.2, -0.15) is 0 Å². The Balaban J connectivity index is 3.57. The molecule has 0 amide bonds. The zero-order chi connectivity index (χ0) is 10.2. The number of ether oxygens (including phenoxy) is 2. The summed E-state index contributed by atoms with van der Waals surface area (Å²) < 4.78 is 10.8. The molecule has 1 atom stereocenters. The van der Waals surface area contributed by atoms with Gasteiger partial charge in [-0.05, 0) is 12.8 Å². The summed E-state index contributed by atoms with van der Waals surface area (Å²) in [5.74, 6) is 0. The van der Waals surface area contributed by atoms with Gasteiger partial charge in [0, 0.05) is 19.1 Å². The molecular weight excluding hydrogens is 164 g/mol. The summed E-state index contributed by atoms with van der Waals surface area (Å²) in [4.78, 5) is 0. The van der Waals surface area contributed by atoms with E-state index < -0.39 is 0 Å². The van der Waals surface area contributed by atoms with Gasteiger partial charge in [0.15, 0.2) is 0 Å². The van der Waals surface area contributed by atoms with Crippen molar-refractivity contribution in [3.63, 3.8) is 0 Å². The summed E-state index contributed by atoms with van der Waals surface area (Å²) in [5, 5.41) is 0. The second-order valence-electron chi connectivity index (χ2n) is 4.00. The molecule has 2 heteroatoms. The van der Waals surface area contributed by atoms with Crippen molar-refractivity contribution in [3.8, 4) is 0 Å². The third-order valence-electron chi connectivity index (χ3n) is 2.44. The van der Waals surface area contributed by atoms with Gasteiger partial charge in [0.2, 0.25) is 0 Å². The lowest BCUT2D eigenvalue weighted by Gasteiger charge is -2.26. The van der Waals surface area contributed by atoms with Crippen molar-refractivity contribution in [2.24, 2.45) is 5.41 Å². The highest BCUT2D eigenvalue weighted by atomic mass is 16.5. The fraction of sp³-hybridized carbons (Fsp3) is 1.00. The molecule has 0 aliphatic rings. The summed E-state index contributed by atoms with van der Waals surface area (Å²) in [6.45, 7) is 9.06. The van der Waals surface area contributed by atoms with Crippen LogP contribution >= 0.6 is 0 Å². The Hall–Kier alpha value is -0.0800. The molecule has 0 rings (SSSR count). The van der Waals surface area contributed by atoms with Gasteiger partial charge in [-0.3, -0.25) is 0 Å². The zero-order valence-corrected chi connectivity index (χ0v) is 9.56. The quantitative estimate of drug-likeness (QED) is 0.545. The fourth-order valence-corrected chi connectivity index (χ4v) is 1.16. The molecular formula is C11H24O2. The van der Waals surface area contributed by atoms with E-state index in [4.69, 9.17) is 9.47 Å². The Morgan fingerprint density at radius 2 is 1.85 bits per heavy atom. The molecule has 13 heavy (non-hydrogen) atoms. The minimum absolute atomic E-state index is 0.197. The van der Waals surface area contributed by atoms with Crippen LogP contribution in [-0.4, -0.2) is 26.9 Å². The molecule has 0 aromatic carbocycles. The van der Waals surface area contributed by atoms with Crippen LogP contribution in [0, 0.1) is 5.41 Å². The van der Waals surface area contributed by atoms with Gasteiger partial charge in [0.25, 0.3) is 0 Å². The van der Waals surface area contributed by atoms with Crippen molar-refractivity contribution in [1.29, 1.82) is 0 Å². The Morgan fingerprint density at radius 3 is 2.31 bits per heavy atom. The number of methoxy groups -OCH3 is 1. The van der Waals surface area contributed by atoms with E-state index in [1.54, 1.807) is 7.11 Å². The molecule has 0 heterocycles. The summed E-state index contributed by atoms with van der Waals surface area (Å²) in [6, 6.07) is 0. The molecule has 0 saturated carbocycles. The molecule has 0 aromatic rings. The number of unbranched alkanes of at least 4 members (excludes halogenated alkanes) is 1. The van der Waals surface area contributed by atoms with Crippen LogP contribution in [0.15, 0.2) is 0 Å². The van der Waals surface area contributed by atoms with Crippen LogP contribution in [0.1, 0.15) is 40.0 Å². The molecule has 0 aliphatic carbocycles. The van der Waals surface area contributed by atoms with E-state index in [0.29, 0.717) is 0 Å². The van der Waals surface area contributed by atoms with E-state index in [9.17, 15) is 0 Å². The molecule has 1 unspecified atom stereocenters. The Labute approximate surface area is 82.6 Å². The molecule has 0 aliphatic heterocycles. The van der Waals surface area contributed by atoms with Gasteiger partial charge in [0.05, 0.1) is 13.2 Å². The van der Waals surface area contributed by atoms with Gasteiger partial charge in [-0.1, -0.05) is 27.2 Å².